The van der Waals surface area contributed by atoms with Gasteiger partial charge in [-0.25, -0.2) is 0 Å². The zero-order chi connectivity index (χ0) is 52.0. The van der Waals surface area contributed by atoms with Crippen LogP contribution >= 0.6 is 0 Å². The van der Waals surface area contributed by atoms with Gasteiger partial charge in [-0.3, -0.25) is 18.2 Å². The van der Waals surface area contributed by atoms with Gasteiger partial charge in [0, 0.05) is 29.0 Å². The van der Waals surface area contributed by atoms with E-state index in [2.05, 4.69) is 40.9 Å². The second kappa shape index (κ2) is 19.1. The molecule has 0 radical (unpaired) electrons. The Hall–Kier alpha value is -7.90. The number of hydrogen-bond acceptors (Lipinski definition) is 21. The number of rotatable bonds is 14. The maximum Gasteiger partial charge on any atom is 0.296 e. The van der Waals surface area contributed by atoms with E-state index in [9.17, 15) is 62.1 Å². The van der Waals surface area contributed by atoms with Crippen LogP contribution in [0, 0.1) is 13.8 Å². The maximum atomic E-state index is 12.7. The summed E-state index contributed by atoms with van der Waals surface area (Å²) in [5.41, 5.74) is 6.58. The topological polar surface area (TPSA) is 401 Å². The van der Waals surface area contributed by atoms with E-state index in [1.54, 1.807) is 13.8 Å². The molecule has 0 saturated carbocycles. The number of nitrogens with zero attached hydrogens (tertiary/aromatic N) is 8. The fourth-order valence-corrected chi connectivity index (χ4v) is 8.96. The number of fused-ring (bicyclic) bond motifs is 2. The van der Waals surface area contributed by atoms with E-state index in [-0.39, 0.29) is 78.5 Å². The molecule has 0 aliphatic rings. The van der Waals surface area contributed by atoms with Gasteiger partial charge in [-0.15, -0.1) is 25.6 Å². The van der Waals surface area contributed by atoms with E-state index in [0.29, 0.717) is 11.1 Å². The van der Waals surface area contributed by atoms with Crippen molar-refractivity contribution in [3.63, 3.8) is 0 Å². The third-order valence-corrected chi connectivity index (χ3v) is 13.6. The molecular weight excluding hydrogens is 1010 g/mol. The molecule has 0 aliphatic heterocycles. The summed E-state index contributed by atoms with van der Waals surface area (Å²) in [6.07, 6.45) is 0. The molecule has 25 nitrogen and oxygen atoms in total. The Kier molecular flexibility index (Phi) is 13.7. The monoisotopic (exact) mass is 1050 g/mol. The number of nitrogens with two attached hydrogens (primary N) is 1. The van der Waals surface area contributed by atoms with Crippen LogP contribution in [-0.4, -0.2) is 76.3 Å². The number of nitrogen functional groups attached to an aromatic ring is 1. The predicted molar refractivity (Wildman–Crippen MR) is 254 cm³/mol. The van der Waals surface area contributed by atoms with E-state index >= 15 is 0 Å². The molecule has 0 amide bonds. The van der Waals surface area contributed by atoms with E-state index in [1.807, 2.05) is 0 Å². The highest BCUT2D eigenvalue weighted by atomic mass is 32.2. The number of aryl methyl sites for hydroxylation is 2. The first-order valence-corrected chi connectivity index (χ1v) is 25.4. The maximum absolute atomic E-state index is 12.7. The average Bonchev–Trinajstić information content (AvgIpc) is 3.28. The average molecular weight is 1050 g/mol. The quantitative estimate of drug-likeness (QED) is 0.0302. The summed E-state index contributed by atoms with van der Waals surface area (Å²) < 4.78 is 146. The molecule has 7 rings (SSSR count). The Bertz CT molecular complexity index is 3960. The van der Waals surface area contributed by atoms with E-state index in [1.165, 1.54) is 62.8 Å². The first-order chi connectivity index (χ1) is 33.2. The minimum Gasteiger partial charge on any atom is -0.507 e. The largest absolute Gasteiger partial charge is 0.507 e. The van der Waals surface area contributed by atoms with Gasteiger partial charge in [0.15, 0.2) is 5.75 Å². The van der Waals surface area contributed by atoms with Gasteiger partial charge in [0.1, 0.15) is 44.9 Å². The van der Waals surface area contributed by atoms with Gasteiger partial charge < -0.3 is 25.4 Å². The van der Waals surface area contributed by atoms with Gasteiger partial charge in [-0.2, -0.15) is 49.0 Å². The van der Waals surface area contributed by atoms with Gasteiger partial charge in [-0.05, 0) is 103 Å². The van der Waals surface area contributed by atoms with Crippen molar-refractivity contribution in [2.75, 3.05) is 20.0 Å². The highest BCUT2D eigenvalue weighted by Gasteiger charge is 2.25. The lowest BCUT2D eigenvalue weighted by atomic mass is 10.1. The molecule has 0 aliphatic carbocycles. The fraction of sp³-hybridized carbons (Fsp3) is 0.0952. The molecule has 71 heavy (non-hydrogen) atoms. The second-order valence-electron chi connectivity index (χ2n) is 15.0. The van der Waals surface area contributed by atoms with Crippen LogP contribution < -0.4 is 15.2 Å². The van der Waals surface area contributed by atoms with E-state index < -0.39 is 77.2 Å². The summed E-state index contributed by atoms with van der Waals surface area (Å²) in [5, 5.41) is 54.7. The van der Waals surface area contributed by atoms with Gasteiger partial charge in [0.2, 0.25) is 0 Å². The van der Waals surface area contributed by atoms with Crippen LogP contribution in [0.1, 0.15) is 11.1 Å². The molecule has 29 heteroatoms. The van der Waals surface area contributed by atoms with Crippen molar-refractivity contribution in [1.82, 2.24) is 0 Å². The number of anilines is 1. The van der Waals surface area contributed by atoms with Gasteiger partial charge >= 0.3 is 0 Å². The van der Waals surface area contributed by atoms with Crippen molar-refractivity contribution < 1.29 is 71.6 Å². The fourth-order valence-electron chi connectivity index (χ4n) is 6.75. The minimum atomic E-state index is -5.13. The summed E-state index contributed by atoms with van der Waals surface area (Å²) in [6.45, 7) is 3.24. The summed E-state index contributed by atoms with van der Waals surface area (Å²) in [6, 6.07) is 17.4. The number of azo groups is 4. The molecule has 0 fully saturated rings. The van der Waals surface area contributed by atoms with E-state index in [4.69, 9.17) is 15.2 Å². The van der Waals surface area contributed by atoms with Crippen LogP contribution in [0.15, 0.2) is 151 Å². The predicted octanol–water partition coefficient (Wildman–Crippen LogP) is 10.3. The molecule has 0 atom stereocenters. The Morgan fingerprint density at radius 2 is 0.944 bits per heavy atom. The first-order valence-electron chi connectivity index (χ1n) is 19.6. The highest BCUT2D eigenvalue weighted by Crippen LogP contribution is 2.47. The molecule has 0 spiro atoms. The molecule has 0 bridgehead atoms. The molecule has 368 valence electrons. The molecule has 7 aromatic carbocycles. The Labute approximate surface area is 402 Å². The number of aromatic hydroxyl groups is 2. The van der Waals surface area contributed by atoms with Crippen LogP contribution in [0.4, 0.5) is 51.2 Å². The highest BCUT2D eigenvalue weighted by molar-refractivity contribution is 7.86. The SMILES string of the molecule is COc1cc(N=Nc2cc(S(=O)(=O)O)cc3cc(S(=O)(=O)O)cc(O)c23)c(C)cc1N=Nc1cc(OC)c(N=Nc2c(S(=O)(=O)O)cc3c(N=Nc4ccc(S(=O)(=O)O)cc4)c(N)ccc3c2O)cc1C. The Morgan fingerprint density at radius 3 is 1.45 bits per heavy atom. The Balaban J connectivity index is 1.20. The molecule has 8 N–H and O–H groups in total. The van der Waals surface area contributed by atoms with Gasteiger partial charge in [0.25, 0.3) is 40.5 Å². The van der Waals surface area contributed by atoms with Crippen LogP contribution in [0.25, 0.3) is 21.5 Å². The molecular formula is C42H35N9O16S4. The first kappa shape index (κ1) is 51.0. The lowest BCUT2D eigenvalue weighted by molar-refractivity contribution is 0.415. The van der Waals surface area contributed by atoms with Crippen molar-refractivity contribution in [3.8, 4) is 23.0 Å². The van der Waals surface area contributed by atoms with Crippen molar-refractivity contribution >= 4 is 113 Å². The zero-order valence-electron chi connectivity index (χ0n) is 36.7. The molecule has 0 aromatic heterocycles. The lowest BCUT2D eigenvalue weighted by Gasteiger charge is -2.12. The zero-order valence-corrected chi connectivity index (χ0v) is 40.0. The van der Waals surface area contributed by atoms with Crippen molar-refractivity contribution in [2.45, 2.75) is 33.4 Å². The van der Waals surface area contributed by atoms with Crippen LogP contribution in [0.5, 0.6) is 23.0 Å². The smallest absolute Gasteiger partial charge is 0.296 e. The number of methoxy groups -OCH3 is 2. The number of phenolic OH excluding ortho intramolecular Hbond substituents is 2. The standard InChI is InChI=1S/C42H35N9O16S4/c1-20-11-32(36(66-3)19-31(20)46-49-34-15-25(69(57,58)59)13-22-14-26(70(60,61)62)16-35(52)39(22)34)47-45-30-18-37(67-4)33(12-21(30)2)48-51-41-38(71(63,64)65)17-28-27(42(41)53)9-10-29(43)40(28)50-44-23-5-7-24(8-6-23)68(54,55)56/h5-19,52-53H,43H2,1-4H3,(H,54,55,56)(H,57,58,59)(H,60,61,62)(H,63,64,65). The summed E-state index contributed by atoms with van der Waals surface area (Å²) >= 11 is 0. The summed E-state index contributed by atoms with van der Waals surface area (Å²) in [5.74, 6) is -1.28. The van der Waals surface area contributed by atoms with E-state index in [0.717, 1.165) is 42.5 Å². The lowest BCUT2D eigenvalue weighted by Crippen LogP contribution is -2.00. The normalized spacial score (nSPS) is 12.9. The van der Waals surface area contributed by atoms with Crippen molar-refractivity contribution in [2.24, 2.45) is 40.9 Å². The third kappa shape index (κ3) is 11.0. The third-order valence-electron chi connectivity index (χ3n) is 10.2. The molecule has 0 saturated heterocycles. The second-order valence-corrected chi connectivity index (χ2v) is 20.6. The summed E-state index contributed by atoms with van der Waals surface area (Å²) in [7, 11) is -16.7. The summed E-state index contributed by atoms with van der Waals surface area (Å²) in [4.78, 5) is -2.76. The minimum absolute atomic E-state index is 0.0155. The number of phenols is 2. The molecule has 0 unspecified atom stereocenters. The van der Waals surface area contributed by atoms with Crippen LogP contribution in [-0.2, 0) is 40.5 Å². The number of benzene rings is 7. The van der Waals surface area contributed by atoms with Gasteiger partial charge in [0.05, 0.1) is 62.7 Å². The number of hydrogen-bond donors (Lipinski definition) is 7. The van der Waals surface area contributed by atoms with Gasteiger partial charge in [-0.1, -0.05) is 0 Å². The van der Waals surface area contributed by atoms with Crippen molar-refractivity contribution in [1.29, 1.82) is 0 Å². The Morgan fingerprint density at radius 1 is 0.465 bits per heavy atom. The molecule has 7 aromatic rings. The van der Waals surface area contributed by atoms with Crippen molar-refractivity contribution in [3.05, 3.63) is 102 Å². The molecule has 0 heterocycles. The number of ether oxygens (including phenoxy) is 2. The van der Waals surface area contributed by atoms with Crippen LogP contribution in [0.2, 0.25) is 0 Å². The van der Waals surface area contributed by atoms with Crippen LogP contribution in [0.3, 0.4) is 0 Å².